The molecule has 0 aliphatic rings. The number of nitrogens with zero attached hydrogens (tertiary/aromatic N) is 2. The Morgan fingerprint density at radius 3 is 1.68 bits per heavy atom. The minimum Gasteiger partial charge on any atom is -0.465 e. The first kappa shape index (κ1) is 21.6. The molecule has 1 heterocycles. The topological polar surface area (TPSA) is 128 Å². The second-order valence-corrected chi connectivity index (χ2v) is 6.89. The molecular weight excluding hydrogens is 398 g/mol. The molecule has 0 spiro atoms. The fraction of sp³-hybridized carbons (Fsp3) is 0.182. The minimum atomic E-state index is -0.596. The van der Waals surface area contributed by atoms with E-state index < -0.39 is 11.9 Å². The van der Waals surface area contributed by atoms with E-state index in [1.165, 1.54) is 38.7 Å². The number of nitrogens with two attached hydrogens (primary N) is 1. The molecule has 3 aromatic rings. The van der Waals surface area contributed by atoms with Gasteiger partial charge in [-0.1, -0.05) is 6.07 Å². The van der Waals surface area contributed by atoms with Gasteiger partial charge >= 0.3 is 11.9 Å². The van der Waals surface area contributed by atoms with Crippen molar-refractivity contribution in [3.05, 3.63) is 65.0 Å². The van der Waals surface area contributed by atoms with Crippen molar-refractivity contribution in [1.29, 1.82) is 0 Å². The van der Waals surface area contributed by atoms with Crippen molar-refractivity contribution in [2.24, 2.45) is 0 Å². The highest BCUT2D eigenvalue weighted by molar-refractivity contribution is 5.97. The number of rotatable bonds is 6. The molecule has 0 amide bonds. The number of hydrogen-bond donors (Lipinski definition) is 3. The molecule has 4 N–H and O–H groups in total. The highest BCUT2D eigenvalue weighted by Gasteiger charge is 2.16. The Hall–Kier alpha value is -4.14. The monoisotopic (exact) mass is 421 g/mol. The molecule has 3 rings (SSSR count). The summed E-state index contributed by atoms with van der Waals surface area (Å²) >= 11 is 0. The van der Waals surface area contributed by atoms with Gasteiger partial charge in [0.05, 0.1) is 25.3 Å². The summed E-state index contributed by atoms with van der Waals surface area (Å²) in [6.45, 7) is 4.00. The summed E-state index contributed by atoms with van der Waals surface area (Å²) < 4.78 is 9.52. The number of benzene rings is 2. The third kappa shape index (κ3) is 5.08. The number of methoxy groups -OCH3 is 2. The summed E-state index contributed by atoms with van der Waals surface area (Å²) in [5.41, 5.74) is 10.3. The normalized spacial score (nSPS) is 10.3. The van der Waals surface area contributed by atoms with Gasteiger partial charge in [-0.25, -0.2) is 19.6 Å². The Kier molecular flexibility index (Phi) is 6.35. The summed E-state index contributed by atoms with van der Waals surface area (Å²) in [5, 5.41) is 6.22. The number of carbonyl (C=O) groups is 2. The summed E-state index contributed by atoms with van der Waals surface area (Å²) in [6, 6.07) is 10.5. The summed E-state index contributed by atoms with van der Waals surface area (Å²) in [5.74, 6) is -0.470. The molecule has 9 nitrogen and oxygen atoms in total. The quantitative estimate of drug-likeness (QED) is 0.510. The second kappa shape index (κ2) is 9.12. The molecule has 0 aliphatic heterocycles. The van der Waals surface area contributed by atoms with Crippen LogP contribution in [0.5, 0.6) is 0 Å². The Morgan fingerprint density at radius 2 is 1.23 bits per heavy atom. The first-order chi connectivity index (χ1) is 14.8. The van der Waals surface area contributed by atoms with Crippen molar-refractivity contribution in [3.63, 3.8) is 0 Å². The van der Waals surface area contributed by atoms with Gasteiger partial charge in [0.1, 0.15) is 12.0 Å². The average Bonchev–Trinajstić information content (AvgIpc) is 2.74. The highest BCUT2D eigenvalue weighted by Crippen LogP contribution is 2.29. The number of aromatic nitrogens is 2. The van der Waals surface area contributed by atoms with E-state index in [2.05, 4.69) is 26.7 Å². The van der Waals surface area contributed by atoms with Crippen molar-refractivity contribution < 1.29 is 19.1 Å². The predicted molar refractivity (Wildman–Crippen MR) is 118 cm³/mol. The second-order valence-electron chi connectivity index (χ2n) is 6.89. The van der Waals surface area contributed by atoms with Crippen molar-refractivity contribution in [2.45, 2.75) is 13.8 Å². The Labute approximate surface area is 179 Å². The van der Waals surface area contributed by atoms with Gasteiger partial charge in [-0.3, -0.25) is 0 Å². The number of nitrogens with one attached hydrogen (secondary N) is 2. The molecule has 0 aliphatic carbocycles. The van der Waals surface area contributed by atoms with Crippen molar-refractivity contribution in [1.82, 2.24) is 9.97 Å². The van der Waals surface area contributed by atoms with E-state index in [-0.39, 0.29) is 16.8 Å². The summed E-state index contributed by atoms with van der Waals surface area (Å²) in [7, 11) is 2.52. The molecule has 31 heavy (non-hydrogen) atoms. The van der Waals surface area contributed by atoms with Crippen LogP contribution in [-0.2, 0) is 9.47 Å². The van der Waals surface area contributed by atoms with Crippen LogP contribution in [0.25, 0.3) is 0 Å². The van der Waals surface area contributed by atoms with Gasteiger partial charge < -0.3 is 25.8 Å². The molecule has 2 aromatic carbocycles. The molecule has 0 unspecified atom stereocenters. The lowest BCUT2D eigenvalue weighted by Gasteiger charge is -2.14. The molecule has 0 saturated carbocycles. The van der Waals surface area contributed by atoms with Crippen LogP contribution >= 0.6 is 0 Å². The van der Waals surface area contributed by atoms with Crippen LogP contribution in [0, 0.1) is 13.8 Å². The Balaban J connectivity index is 1.95. The van der Waals surface area contributed by atoms with Crippen molar-refractivity contribution in [3.8, 4) is 0 Å². The van der Waals surface area contributed by atoms with Crippen LogP contribution in [0.4, 0.5) is 28.7 Å². The van der Waals surface area contributed by atoms with E-state index >= 15 is 0 Å². The molecule has 0 fully saturated rings. The number of anilines is 5. The van der Waals surface area contributed by atoms with Gasteiger partial charge in [0.2, 0.25) is 0 Å². The largest absolute Gasteiger partial charge is 0.465 e. The van der Waals surface area contributed by atoms with Crippen LogP contribution in [0.15, 0.2) is 42.7 Å². The maximum absolute atomic E-state index is 12.0. The van der Waals surface area contributed by atoms with Crippen LogP contribution in [0.1, 0.15) is 31.8 Å². The van der Waals surface area contributed by atoms with Crippen molar-refractivity contribution >= 4 is 40.6 Å². The predicted octanol–water partition coefficient (Wildman–Crippen LogP) is 3.74. The van der Waals surface area contributed by atoms with Crippen LogP contribution < -0.4 is 16.4 Å². The first-order valence-electron chi connectivity index (χ1n) is 9.35. The van der Waals surface area contributed by atoms with Crippen LogP contribution in [0.2, 0.25) is 0 Å². The van der Waals surface area contributed by atoms with E-state index in [4.69, 9.17) is 15.2 Å². The number of hydrogen-bond acceptors (Lipinski definition) is 9. The summed E-state index contributed by atoms with van der Waals surface area (Å²) in [6.07, 6.45) is 1.36. The lowest BCUT2D eigenvalue weighted by atomic mass is 10.1. The van der Waals surface area contributed by atoms with Crippen LogP contribution in [-0.4, -0.2) is 36.1 Å². The lowest BCUT2D eigenvalue weighted by Crippen LogP contribution is -2.09. The zero-order valence-corrected chi connectivity index (χ0v) is 17.6. The minimum absolute atomic E-state index is 0.175. The molecule has 1 aromatic heterocycles. The number of carbonyl (C=O) groups excluding carboxylic acids is 2. The molecule has 0 bridgehead atoms. The van der Waals surface area contributed by atoms with E-state index in [1.807, 2.05) is 26.0 Å². The van der Waals surface area contributed by atoms with Gasteiger partial charge in [0, 0.05) is 11.4 Å². The maximum Gasteiger partial charge on any atom is 0.337 e. The lowest BCUT2D eigenvalue weighted by molar-refractivity contribution is 0.0599. The van der Waals surface area contributed by atoms with Gasteiger partial charge in [-0.05, 0) is 55.3 Å². The Bertz CT molecular complexity index is 1090. The Morgan fingerprint density at radius 1 is 0.774 bits per heavy atom. The zero-order chi connectivity index (χ0) is 22.5. The van der Waals surface area contributed by atoms with Gasteiger partial charge in [0.25, 0.3) is 0 Å². The van der Waals surface area contributed by atoms with E-state index in [9.17, 15) is 9.59 Å². The van der Waals surface area contributed by atoms with Crippen LogP contribution in [0.3, 0.4) is 0 Å². The zero-order valence-electron chi connectivity index (χ0n) is 17.6. The number of esters is 2. The summed E-state index contributed by atoms with van der Waals surface area (Å²) in [4.78, 5) is 32.4. The SMILES string of the molecule is COC(=O)c1cc(Nc2ncnc(Nc3cc(C)cc(C)c3)c2N)cc(C(=O)OC)c1. The molecule has 160 valence electrons. The van der Waals surface area contributed by atoms with E-state index in [0.717, 1.165) is 16.8 Å². The molecule has 0 radical (unpaired) electrons. The van der Waals surface area contributed by atoms with Crippen molar-refractivity contribution in [2.75, 3.05) is 30.6 Å². The van der Waals surface area contributed by atoms with Gasteiger partial charge in [0.15, 0.2) is 11.6 Å². The average molecular weight is 421 g/mol. The number of nitrogen functional groups attached to an aromatic ring is 1. The van der Waals surface area contributed by atoms with Gasteiger partial charge in [-0.2, -0.15) is 0 Å². The first-order valence-corrected chi connectivity index (χ1v) is 9.35. The highest BCUT2D eigenvalue weighted by atomic mass is 16.5. The smallest absolute Gasteiger partial charge is 0.337 e. The fourth-order valence-corrected chi connectivity index (χ4v) is 3.09. The third-order valence-electron chi connectivity index (χ3n) is 4.41. The molecular formula is C22H23N5O4. The van der Waals surface area contributed by atoms with Gasteiger partial charge in [-0.15, -0.1) is 0 Å². The maximum atomic E-state index is 12.0. The molecule has 9 heteroatoms. The van der Waals surface area contributed by atoms with E-state index in [0.29, 0.717) is 17.3 Å². The molecule has 0 saturated heterocycles. The number of ether oxygens (including phenoxy) is 2. The fourth-order valence-electron chi connectivity index (χ4n) is 3.09. The molecule has 0 atom stereocenters. The third-order valence-corrected chi connectivity index (χ3v) is 4.41. The standard InChI is InChI=1S/C22H23N5O4/c1-12-5-13(2)7-16(6-12)26-19-18(23)20(25-11-24-19)27-17-9-14(21(28)30-3)8-15(10-17)22(29)31-4/h5-11H,23H2,1-4H3,(H2,24,25,26,27). The van der Waals surface area contributed by atoms with E-state index in [1.54, 1.807) is 0 Å². The number of aryl methyl sites for hydroxylation is 2.